The van der Waals surface area contributed by atoms with Gasteiger partial charge in [-0.25, -0.2) is 4.98 Å². The van der Waals surface area contributed by atoms with Gasteiger partial charge in [0, 0.05) is 26.1 Å². The van der Waals surface area contributed by atoms with Crippen molar-refractivity contribution in [2.75, 3.05) is 6.54 Å². The summed E-state index contributed by atoms with van der Waals surface area (Å²) in [6.45, 7) is 2.78. The smallest absolute Gasteiger partial charge is 0.151 e. The second-order valence-corrected chi connectivity index (χ2v) is 5.69. The molecular formula is C13H15Cl3N4. The molecule has 1 atom stereocenters. The summed E-state index contributed by atoms with van der Waals surface area (Å²) in [5, 5.41) is 8.95. The van der Waals surface area contributed by atoms with E-state index < -0.39 is 0 Å². The largest absolute Gasteiger partial charge is 0.310 e. The fourth-order valence-corrected chi connectivity index (χ4v) is 2.59. The molecule has 0 saturated heterocycles. The normalized spacial score (nSPS) is 12.7. The minimum Gasteiger partial charge on any atom is -0.310 e. The van der Waals surface area contributed by atoms with Gasteiger partial charge in [0.1, 0.15) is 6.33 Å². The molecule has 0 aliphatic heterocycles. The van der Waals surface area contributed by atoms with Crippen molar-refractivity contribution >= 4 is 34.8 Å². The Hall–Kier alpha value is -0.810. The van der Waals surface area contributed by atoms with Crippen LogP contribution in [-0.2, 0) is 13.5 Å². The van der Waals surface area contributed by atoms with Gasteiger partial charge < -0.3 is 5.32 Å². The monoisotopic (exact) mass is 332 g/mol. The Morgan fingerprint density at radius 1 is 1.25 bits per heavy atom. The summed E-state index contributed by atoms with van der Waals surface area (Å²) in [4.78, 5) is 4.18. The quantitative estimate of drug-likeness (QED) is 0.849. The molecule has 0 fully saturated rings. The summed E-state index contributed by atoms with van der Waals surface area (Å²) in [6, 6.07) is 3.71. The Morgan fingerprint density at radius 3 is 2.65 bits per heavy atom. The number of hydrogen-bond donors (Lipinski definition) is 1. The van der Waals surface area contributed by atoms with Crippen LogP contribution >= 0.6 is 34.8 Å². The molecule has 0 aliphatic carbocycles. The molecule has 108 valence electrons. The Bertz CT molecular complexity index is 597. The maximum Gasteiger partial charge on any atom is 0.151 e. The molecule has 2 rings (SSSR count). The Kier molecular flexibility index (Phi) is 5.27. The third kappa shape index (κ3) is 3.64. The van der Waals surface area contributed by atoms with Gasteiger partial charge in [0.15, 0.2) is 5.82 Å². The third-order valence-corrected chi connectivity index (χ3v) is 4.29. The first-order valence-electron chi connectivity index (χ1n) is 6.20. The van der Waals surface area contributed by atoms with Crippen LogP contribution in [0.15, 0.2) is 18.5 Å². The first-order chi connectivity index (χ1) is 9.49. The first-order valence-corrected chi connectivity index (χ1v) is 7.33. The molecule has 1 heterocycles. The molecule has 1 N–H and O–H groups in total. The topological polar surface area (TPSA) is 42.7 Å². The van der Waals surface area contributed by atoms with E-state index in [0.717, 1.165) is 24.4 Å². The highest BCUT2D eigenvalue weighted by Crippen LogP contribution is 2.35. The predicted octanol–water partition coefficient (Wildman–Crippen LogP) is 3.67. The van der Waals surface area contributed by atoms with Gasteiger partial charge in [-0.3, -0.25) is 4.68 Å². The number of hydrogen-bond acceptors (Lipinski definition) is 3. The molecule has 0 radical (unpaired) electrons. The zero-order chi connectivity index (χ0) is 14.7. The predicted molar refractivity (Wildman–Crippen MR) is 82.6 cm³/mol. The highest BCUT2D eigenvalue weighted by atomic mass is 35.5. The average Bonchev–Trinajstić information content (AvgIpc) is 2.82. The lowest BCUT2D eigenvalue weighted by atomic mass is 10.1. The van der Waals surface area contributed by atoms with Crippen molar-refractivity contribution in [3.05, 3.63) is 44.9 Å². The van der Waals surface area contributed by atoms with Crippen LogP contribution in [0.5, 0.6) is 0 Å². The Morgan fingerprint density at radius 2 is 2.00 bits per heavy atom. The van der Waals surface area contributed by atoms with Gasteiger partial charge in [-0.2, -0.15) is 5.10 Å². The molecule has 7 heteroatoms. The van der Waals surface area contributed by atoms with Gasteiger partial charge in [0.25, 0.3) is 0 Å². The average molecular weight is 334 g/mol. The minimum absolute atomic E-state index is 0.0704. The zero-order valence-corrected chi connectivity index (χ0v) is 13.5. The number of nitrogens with one attached hydrogen (secondary N) is 1. The minimum atomic E-state index is 0.0704. The number of nitrogens with zero attached hydrogens (tertiary/aromatic N) is 3. The van der Waals surface area contributed by atoms with Crippen LogP contribution < -0.4 is 5.32 Å². The number of rotatable bonds is 5. The number of aromatic nitrogens is 3. The number of halogens is 3. The van der Waals surface area contributed by atoms with Gasteiger partial charge in [-0.15, -0.1) is 0 Å². The third-order valence-electron chi connectivity index (χ3n) is 2.98. The first kappa shape index (κ1) is 15.6. The van der Waals surface area contributed by atoms with Crippen LogP contribution in [-0.4, -0.2) is 21.3 Å². The van der Waals surface area contributed by atoms with E-state index in [9.17, 15) is 0 Å². The van der Waals surface area contributed by atoms with Crippen molar-refractivity contribution in [1.29, 1.82) is 0 Å². The molecule has 4 nitrogen and oxygen atoms in total. The molecule has 1 unspecified atom stereocenters. The second-order valence-electron chi connectivity index (χ2n) is 4.52. The van der Waals surface area contributed by atoms with E-state index in [0.29, 0.717) is 15.1 Å². The second kappa shape index (κ2) is 6.76. The van der Waals surface area contributed by atoms with Crippen molar-refractivity contribution in [2.24, 2.45) is 7.05 Å². The lowest BCUT2D eigenvalue weighted by Gasteiger charge is -2.16. The van der Waals surface area contributed by atoms with Crippen molar-refractivity contribution in [3.8, 4) is 0 Å². The maximum absolute atomic E-state index is 6.21. The van der Waals surface area contributed by atoms with Crippen molar-refractivity contribution in [3.63, 3.8) is 0 Å². The van der Waals surface area contributed by atoms with Crippen LogP contribution in [0, 0.1) is 0 Å². The van der Waals surface area contributed by atoms with Gasteiger partial charge in [0.05, 0.1) is 15.1 Å². The van der Waals surface area contributed by atoms with Crippen molar-refractivity contribution < 1.29 is 0 Å². The highest BCUT2D eigenvalue weighted by Gasteiger charge is 2.14. The van der Waals surface area contributed by atoms with E-state index in [2.05, 4.69) is 15.4 Å². The molecule has 1 aromatic carbocycles. The summed E-state index contributed by atoms with van der Waals surface area (Å²) in [6.07, 6.45) is 2.44. The molecule has 0 amide bonds. The van der Waals surface area contributed by atoms with Crippen molar-refractivity contribution in [2.45, 2.75) is 19.4 Å². The lowest BCUT2D eigenvalue weighted by Crippen LogP contribution is -2.22. The number of benzene rings is 1. The van der Waals surface area contributed by atoms with Gasteiger partial charge in [-0.1, -0.05) is 40.9 Å². The molecule has 0 bridgehead atoms. The lowest BCUT2D eigenvalue weighted by molar-refractivity contribution is 0.568. The van der Waals surface area contributed by atoms with E-state index in [4.69, 9.17) is 34.8 Å². The van der Waals surface area contributed by atoms with Crippen LogP contribution in [0.1, 0.15) is 24.4 Å². The summed E-state index contributed by atoms with van der Waals surface area (Å²) in [7, 11) is 1.85. The molecule has 0 aliphatic rings. The molecular weight excluding hydrogens is 319 g/mol. The van der Waals surface area contributed by atoms with Crippen LogP contribution in [0.2, 0.25) is 15.1 Å². The fraction of sp³-hybridized carbons (Fsp3) is 0.385. The van der Waals surface area contributed by atoms with Crippen molar-refractivity contribution in [1.82, 2.24) is 20.1 Å². The summed E-state index contributed by atoms with van der Waals surface area (Å²) >= 11 is 18.2. The summed E-state index contributed by atoms with van der Waals surface area (Å²) in [5.41, 5.74) is 0.926. The van der Waals surface area contributed by atoms with E-state index in [1.165, 1.54) is 0 Å². The van der Waals surface area contributed by atoms with E-state index in [1.807, 2.05) is 20.0 Å². The molecule has 20 heavy (non-hydrogen) atoms. The van der Waals surface area contributed by atoms with E-state index in [-0.39, 0.29) is 6.04 Å². The molecule has 0 spiro atoms. The fourth-order valence-electron chi connectivity index (χ4n) is 1.88. The molecule has 0 saturated carbocycles. The Balaban J connectivity index is 1.95. The standard InChI is InChI=1S/C13H15Cl3N4/c1-8(9-3-4-10(14)13(16)12(9)15)17-6-5-11-18-7-20(2)19-11/h3-4,7-8,17H,5-6H2,1-2H3. The van der Waals surface area contributed by atoms with Crippen LogP contribution in [0.4, 0.5) is 0 Å². The van der Waals surface area contributed by atoms with E-state index >= 15 is 0 Å². The highest BCUT2D eigenvalue weighted by molar-refractivity contribution is 6.48. The van der Waals surface area contributed by atoms with Gasteiger partial charge in [-0.05, 0) is 18.6 Å². The van der Waals surface area contributed by atoms with Gasteiger partial charge >= 0.3 is 0 Å². The molecule has 2 aromatic rings. The van der Waals surface area contributed by atoms with Gasteiger partial charge in [0.2, 0.25) is 0 Å². The SMILES string of the molecule is CC(NCCc1ncn(C)n1)c1ccc(Cl)c(Cl)c1Cl. The zero-order valence-electron chi connectivity index (χ0n) is 11.2. The number of aryl methyl sites for hydroxylation is 1. The molecule has 1 aromatic heterocycles. The van der Waals surface area contributed by atoms with E-state index in [1.54, 1.807) is 17.1 Å². The Labute approximate surface area is 133 Å². The summed E-state index contributed by atoms with van der Waals surface area (Å²) in [5.74, 6) is 0.812. The maximum atomic E-state index is 6.21. The summed E-state index contributed by atoms with van der Waals surface area (Å²) < 4.78 is 1.69. The van der Waals surface area contributed by atoms with Crippen LogP contribution in [0.3, 0.4) is 0 Å². The van der Waals surface area contributed by atoms with Crippen LogP contribution in [0.25, 0.3) is 0 Å².